The fraction of sp³-hybridized carbons (Fsp3) is 0.0952. The number of nitro groups is 1. The Kier molecular flexibility index (Phi) is 6.26. The molecule has 1 heterocycles. The predicted octanol–water partition coefficient (Wildman–Crippen LogP) is 3.49. The van der Waals surface area contributed by atoms with Crippen molar-refractivity contribution in [3.8, 4) is 0 Å². The molecular weight excluding hydrogens is 374 g/mol. The lowest BCUT2D eigenvalue weighted by molar-refractivity contribution is -0.385. The highest BCUT2D eigenvalue weighted by atomic mass is 16.6. The number of para-hydroxylation sites is 2. The average Bonchev–Trinajstić information content (AvgIpc) is 2.77. The first kappa shape index (κ1) is 19.7. The number of hydrogen-bond donors (Lipinski definition) is 0. The highest BCUT2D eigenvalue weighted by Crippen LogP contribution is 2.19. The molecule has 146 valence electrons. The van der Waals surface area contributed by atoms with Gasteiger partial charge < -0.3 is 9.64 Å². The van der Waals surface area contributed by atoms with E-state index in [2.05, 4.69) is 4.98 Å². The smallest absolute Gasteiger partial charge is 0.345 e. The minimum Gasteiger partial charge on any atom is -0.460 e. The van der Waals surface area contributed by atoms with Crippen molar-refractivity contribution in [1.82, 2.24) is 4.98 Å². The molecule has 0 saturated carbocycles. The van der Waals surface area contributed by atoms with E-state index in [-0.39, 0.29) is 30.3 Å². The number of pyridine rings is 1. The van der Waals surface area contributed by atoms with E-state index in [1.165, 1.54) is 41.6 Å². The number of rotatable bonds is 7. The van der Waals surface area contributed by atoms with Crippen molar-refractivity contribution in [2.24, 2.45) is 0 Å². The molecule has 0 fully saturated rings. The molecule has 3 rings (SSSR count). The van der Waals surface area contributed by atoms with Crippen LogP contribution in [0.25, 0.3) is 0 Å². The first-order chi connectivity index (χ1) is 14.1. The molecule has 29 heavy (non-hydrogen) atoms. The number of amides is 1. The largest absolute Gasteiger partial charge is 0.460 e. The summed E-state index contributed by atoms with van der Waals surface area (Å²) in [4.78, 5) is 41.0. The van der Waals surface area contributed by atoms with E-state index in [1.54, 1.807) is 36.4 Å². The third kappa shape index (κ3) is 4.81. The normalized spacial score (nSPS) is 10.2. The van der Waals surface area contributed by atoms with Gasteiger partial charge in [0.05, 0.1) is 11.5 Å². The van der Waals surface area contributed by atoms with Crippen LogP contribution in [0.4, 0.5) is 11.4 Å². The standard InChI is InChI=1S/C21H17N3O5/c25-20(16-10-12-22-13-11-16)23(17-6-2-1-3-7-17)14-15-29-21(26)18-8-4-5-9-19(18)24(27)28/h1-13H,14-15H2. The number of anilines is 1. The van der Waals surface area contributed by atoms with Crippen molar-refractivity contribution in [3.05, 3.63) is 100 Å². The molecular formula is C21H17N3O5. The molecule has 0 aliphatic carbocycles. The van der Waals surface area contributed by atoms with Crippen LogP contribution in [0.1, 0.15) is 20.7 Å². The van der Waals surface area contributed by atoms with Crippen molar-refractivity contribution in [2.75, 3.05) is 18.1 Å². The van der Waals surface area contributed by atoms with Gasteiger partial charge >= 0.3 is 5.97 Å². The fourth-order valence-corrected chi connectivity index (χ4v) is 2.72. The van der Waals surface area contributed by atoms with Gasteiger partial charge in [-0.15, -0.1) is 0 Å². The molecule has 0 atom stereocenters. The second-order valence-corrected chi connectivity index (χ2v) is 5.94. The lowest BCUT2D eigenvalue weighted by Gasteiger charge is -2.22. The maximum atomic E-state index is 12.9. The maximum absolute atomic E-state index is 12.9. The zero-order chi connectivity index (χ0) is 20.6. The van der Waals surface area contributed by atoms with Crippen molar-refractivity contribution >= 4 is 23.3 Å². The Labute approximate surface area is 166 Å². The Bertz CT molecular complexity index is 1010. The summed E-state index contributed by atoms with van der Waals surface area (Å²) in [6, 6.07) is 17.7. The Hall–Kier alpha value is -4.07. The summed E-state index contributed by atoms with van der Waals surface area (Å²) in [6.45, 7) is -0.0475. The van der Waals surface area contributed by atoms with Crippen molar-refractivity contribution in [3.63, 3.8) is 0 Å². The third-order valence-electron chi connectivity index (χ3n) is 4.11. The number of nitrogens with zero attached hydrogens (tertiary/aromatic N) is 3. The zero-order valence-electron chi connectivity index (χ0n) is 15.3. The van der Waals surface area contributed by atoms with Crippen LogP contribution in [0, 0.1) is 10.1 Å². The molecule has 0 spiro atoms. The van der Waals surface area contributed by atoms with Crippen molar-refractivity contribution < 1.29 is 19.2 Å². The number of carbonyl (C=O) groups is 2. The molecule has 8 heteroatoms. The molecule has 0 radical (unpaired) electrons. The molecule has 1 amide bonds. The molecule has 2 aromatic carbocycles. The van der Waals surface area contributed by atoms with Crippen molar-refractivity contribution in [1.29, 1.82) is 0 Å². The molecule has 0 saturated heterocycles. The molecule has 0 aliphatic rings. The minimum atomic E-state index is -0.818. The third-order valence-corrected chi connectivity index (χ3v) is 4.11. The first-order valence-electron chi connectivity index (χ1n) is 8.75. The van der Waals surface area contributed by atoms with Gasteiger partial charge in [-0.2, -0.15) is 0 Å². The number of esters is 1. The maximum Gasteiger partial charge on any atom is 0.345 e. The van der Waals surface area contributed by atoms with Crippen LogP contribution in [-0.2, 0) is 4.74 Å². The van der Waals surface area contributed by atoms with E-state index in [0.29, 0.717) is 11.3 Å². The lowest BCUT2D eigenvalue weighted by Crippen LogP contribution is -2.34. The molecule has 3 aromatic rings. The molecule has 0 bridgehead atoms. The molecule has 0 N–H and O–H groups in total. The average molecular weight is 391 g/mol. The predicted molar refractivity (Wildman–Crippen MR) is 106 cm³/mol. The second-order valence-electron chi connectivity index (χ2n) is 5.94. The molecule has 0 unspecified atom stereocenters. The summed E-state index contributed by atoms with van der Waals surface area (Å²) in [6.07, 6.45) is 3.04. The van der Waals surface area contributed by atoms with Crippen LogP contribution >= 0.6 is 0 Å². The Balaban J connectivity index is 1.74. The van der Waals surface area contributed by atoms with E-state index < -0.39 is 10.9 Å². The summed E-state index contributed by atoms with van der Waals surface area (Å²) < 4.78 is 5.21. The number of benzene rings is 2. The van der Waals surface area contributed by atoms with Crippen LogP contribution < -0.4 is 4.90 Å². The number of carbonyl (C=O) groups excluding carboxylic acids is 2. The molecule has 8 nitrogen and oxygen atoms in total. The number of ether oxygens (including phenoxy) is 1. The van der Waals surface area contributed by atoms with Gasteiger partial charge in [0.1, 0.15) is 12.2 Å². The highest BCUT2D eigenvalue weighted by Gasteiger charge is 2.22. The minimum absolute atomic E-state index is 0.0809. The van der Waals surface area contributed by atoms with Gasteiger partial charge in [0.25, 0.3) is 11.6 Å². The summed E-state index contributed by atoms with van der Waals surface area (Å²) in [7, 11) is 0. The van der Waals surface area contributed by atoms with Crippen LogP contribution in [0.2, 0.25) is 0 Å². The van der Waals surface area contributed by atoms with Gasteiger partial charge in [0.2, 0.25) is 0 Å². The van der Waals surface area contributed by atoms with Gasteiger partial charge in [-0.3, -0.25) is 19.9 Å². The SMILES string of the molecule is O=C(OCCN(C(=O)c1ccncc1)c1ccccc1)c1ccccc1[N+](=O)[O-]. The Morgan fingerprint density at radius 2 is 1.62 bits per heavy atom. The highest BCUT2D eigenvalue weighted by molar-refractivity contribution is 6.06. The summed E-state index contributed by atoms with van der Waals surface area (Å²) >= 11 is 0. The van der Waals surface area contributed by atoms with Crippen molar-refractivity contribution in [2.45, 2.75) is 0 Å². The Morgan fingerprint density at radius 3 is 2.31 bits per heavy atom. The van der Waals surface area contributed by atoms with Gasteiger partial charge in [-0.1, -0.05) is 30.3 Å². The van der Waals surface area contributed by atoms with Gasteiger partial charge in [0, 0.05) is 29.7 Å². The van der Waals surface area contributed by atoms with Gasteiger partial charge in [-0.05, 0) is 30.3 Å². The van der Waals surface area contributed by atoms with E-state index >= 15 is 0 Å². The monoisotopic (exact) mass is 391 g/mol. The zero-order valence-corrected chi connectivity index (χ0v) is 15.3. The number of aromatic nitrogens is 1. The fourth-order valence-electron chi connectivity index (χ4n) is 2.72. The van der Waals surface area contributed by atoms with Crippen LogP contribution in [0.3, 0.4) is 0 Å². The molecule has 1 aromatic heterocycles. The lowest BCUT2D eigenvalue weighted by atomic mass is 10.2. The van der Waals surface area contributed by atoms with Crippen LogP contribution in [0.5, 0.6) is 0 Å². The summed E-state index contributed by atoms with van der Waals surface area (Å²) in [5.41, 5.74) is 0.611. The second kappa shape index (κ2) is 9.23. The van der Waals surface area contributed by atoms with E-state index in [1.807, 2.05) is 6.07 Å². The van der Waals surface area contributed by atoms with E-state index in [4.69, 9.17) is 4.74 Å². The van der Waals surface area contributed by atoms with E-state index in [0.717, 1.165) is 0 Å². The summed E-state index contributed by atoms with van der Waals surface area (Å²) in [5, 5.41) is 11.1. The van der Waals surface area contributed by atoms with Gasteiger partial charge in [0.15, 0.2) is 0 Å². The van der Waals surface area contributed by atoms with Crippen LogP contribution in [-0.4, -0.2) is 34.9 Å². The van der Waals surface area contributed by atoms with E-state index in [9.17, 15) is 19.7 Å². The summed E-state index contributed by atoms with van der Waals surface area (Å²) in [5.74, 6) is -1.10. The molecule has 0 aliphatic heterocycles. The first-order valence-corrected chi connectivity index (χ1v) is 8.75. The van der Waals surface area contributed by atoms with Crippen LogP contribution in [0.15, 0.2) is 79.1 Å². The Morgan fingerprint density at radius 1 is 0.966 bits per heavy atom. The quantitative estimate of drug-likeness (QED) is 0.347. The topological polar surface area (TPSA) is 103 Å². The van der Waals surface area contributed by atoms with Gasteiger partial charge in [-0.25, -0.2) is 4.79 Å². The number of nitro benzene ring substituents is 1. The number of hydrogen-bond acceptors (Lipinski definition) is 6.